The van der Waals surface area contributed by atoms with Crippen molar-refractivity contribution in [2.24, 2.45) is 0 Å². The zero-order valence-electron chi connectivity index (χ0n) is 12.3. The molecule has 116 valence electrons. The fraction of sp³-hybridized carbons (Fsp3) is 0.250. The first-order valence-corrected chi connectivity index (χ1v) is 8.05. The number of nitrogens with one attached hydrogen (secondary N) is 1. The van der Waals surface area contributed by atoms with E-state index in [9.17, 15) is 9.90 Å². The molecule has 4 nitrogen and oxygen atoms in total. The van der Waals surface area contributed by atoms with Crippen LogP contribution in [0.5, 0.6) is 0 Å². The molecule has 22 heavy (non-hydrogen) atoms. The molecule has 0 aliphatic carbocycles. The molecule has 1 aromatic heterocycles. The molecule has 1 amide bonds. The SMILES string of the molecule is Cc1nc(/C=C/C(=O)NC(C)C(O)c2ccc(Cl)cc2)cs1. The summed E-state index contributed by atoms with van der Waals surface area (Å²) in [6, 6.07) is 6.47. The first kappa shape index (κ1) is 16.7. The zero-order valence-corrected chi connectivity index (χ0v) is 13.9. The van der Waals surface area contributed by atoms with E-state index in [1.54, 1.807) is 37.3 Å². The van der Waals surface area contributed by atoms with Crippen molar-refractivity contribution < 1.29 is 9.90 Å². The van der Waals surface area contributed by atoms with Gasteiger partial charge in [-0.2, -0.15) is 0 Å². The maximum Gasteiger partial charge on any atom is 0.244 e. The summed E-state index contributed by atoms with van der Waals surface area (Å²) in [5, 5.41) is 16.4. The average molecular weight is 337 g/mol. The summed E-state index contributed by atoms with van der Waals surface area (Å²) in [4.78, 5) is 16.1. The minimum atomic E-state index is -0.795. The minimum Gasteiger partial charge on any atom is -0.386 e. The second kappa shape index (κ2) is 7.54. The third kappa shape index (κ3) is 4.66. The Morgan fingerprint density at radius 1 is 1.41 bits per heavy atom. The van der Waals surface area contributed by atoms with Crippen molar-refractivity contribution in [3.8, 4) is 0 Å². The second-order valence-corrected chi connectivity index (χ2v) is 6.42. The normalized spacial score (nSPS) is 14.0. The van der Waals surface area contributed by atoms with Gasteiger partial charge in [-0.05, 0) is 37.6 Å². The van der Waals surface area contributed by atoms with Crippen molar-refractivity contribution in [3.05, 3.63) is 57.0 Å². The van der Waals surface area contributed by atoms with E-state index in [1.165, 1.54) is 17.4 Å². The van der Waals surface area contributed by atoms with Crippen molar-refractivity contribution in [3.63, 3.8) is 0 Å². The predicted octanol–water partition coefficient (Wildman–Crippen LogP) is 3.36. The number of aromatic nitrogens is 1. The molecule has 2 aromatic rings. The minimum absolute atomic E-state index is 0.272. The number of halogens is 1. The molecule has 1 heterocycles. The summed E-state index contributed by atoms with van der Waals surface area (Å²) in [5.41, 5.74) is 1.46. The lowest BCUT2D eigenvalue weighted by atomic mass is 10.0. The van der Waals surface area contributed by atoms with Gasteiger partial charge in [0.2, 0.25) is 5.91 Å². The Morgan fingerprint density at radius 3 is 2.68 bits per heavy atom. The number of hydrogen-bond acceptors (Lipinski definition) is 4. The van der Waals surface area contributed by atoms with E-state index in [0.29, 0.717) is 10.6 Å². The van der Waals surface area contributed by atoms with Crippen molar-refractivity contribution in [1.29, 1.82) is 0 Å². The molecule has 0 aliphatic heterocycles. The number of carbonyl (C=O) groups excluding carboxylic acids is 1. The molecule has 0 aliphatic rings. The topological polar surface area (TPSA) is 62.2 Å². The van der Waals surface area contributed by atoms with Gasteiger partial charge in [-0.1, -0.05) is 23.7 Å². The summed E-state index contributed by atoms with van der Waals surface area (Å²) < 4.78 is 0. The van der Waals surface area contributed by atoms with E-state index >= 15 is 0 Å². The van der Waals surface area contributed by atoms with Crippen molar-refractivity contribution in [2.75, 3.05) is 0 Å². The highest BCUT2D eigenvalue weighted by molar-refractivity contribution is 7.09. The monoisotopic (exact) mass is 336 g/mol. The van der Waals surface area contributed by atoms with Crippen LogP contribution < -0.4 is 5.32 Å². The van der Waals surface area contributed by atoms with E-state index in [1.807, 2.05) is 12.3 Å². The molecule has 0 radical (unpaired) electrons. The highest BCUT2D eigenvalue weighted by atomic mass is 35.5. The van der Waals surface area contributed by atoms with Gasteiger partial charge in [-0.15, -0.1) is 11.3 Å². The first-order valence-electron chi connectivity index (χ1n) is 6.80. The molecule has 2 rings (SSSR count). The van der Waals surface area contributed by atoms with E-state index in [0.717, 1.165) is 10.7 Å². The molecule has 2 unspecified atom stereocenters. The number of nitrogens with zero attached hydrogens (tertiary/aromatic N) is 1. The van der Waals surface area contributed by atoms with Gasteiger partial charge in [0.15, 0.2) is 0 Å². The Morgan fingerprint density at radius 2 is 2.09 bits per heavy atom. The van der Waals surface area contributed by atoms with Crippen LogP contribution in [0.2, 0.25) is 5.02 Å². The van der Waals surface area contributed by atoms with Crippen LogP contribution in [0, 0.1) is 6.92 Å². The molecule has 2 atom stereocenters. The smallest absolute Gasteiger partial charge is 0.244 e. The molecule has 0 saturated carbocycles. The summed E-state index contributed by atoms with van der Waals surface area (Å²) in [6.45, 7) is 3.66. The predicted molar refractivity (Wildman–Crippen MR) is 89.9 cm³/mol. The third-order valence-electron chi connectivity index (χ3n) is 3.10. The highest BCUT2D eigenvalue weighted by Crippen LogP contribution is 2.19. The van der Waals surface area contributed by atoms with Crippen LogP contribution in [0.15, 0.2) is 35.7 Å². The summed E-state index contributed by atoms with van der Waals surface area (Å²) in [6.07, 6.45) is 2.27. The lowest BCUT2D eigenvalue weighted by Gasteiger charge is -2.20. The lowest BCUT2D eigenvalue weighted by molar-refractivity contribution is -0.117. The maximum absolute atomic E-state index is 11.9. The molecule has 0 bridgehead atoms. The fourth-order valence-corrected chi connectivity index (χ4v) is 2.62. The van der Waals surface area contributed by atoms with Gasteiger partial charge < -0.3 is 10.4 Å². The van der Waals surface area contributed by atoms with Crippen molar-refractivity contribution >= 4 is 34.9 Å². The van der Waals surface area contributed by atoms with Gasteiger partial charge in [0.05, 0.1) is 22.8 Å². The zero-order chi connectivity index (χ0) is 16.1. The van der Waals surface area contributed by atoms with Crippen LogP contribution in [0.4, 0.5) is 0 Å². The van der Waals surface area contributed by atoms with Crippen LogP contribution in [0.3, 0.4) is 0 Å². The van der Waals surface area contributed by atoms with Gasteiger partial charge in [0.25, 0.3) is 0 Å². The van der Waals surface area contributed by atoms with Crippen LogP contribution in [0.25, 0.3) is 6.08 Å². The summed E-state index contributed by atoms with van der Waals surface area (Å²) >= 11 is 7.34. The van der Waals surface area contributed by atoms with E-state index in [2.05, 4.69) is 10.3 Å². The molecule has 6 heteroatoms. The lowest BCUT2D eigenvalue weighted by Crippen LogP contribution is -2.36. The number of benzene rings is 1. The Bertz CT molecular complexity index is 667. The summed E-state index contributed by atoms with van der Waals surface area (Å²) in [7, 11) is 0. The molecule has 2 N–H and O–H groups in total. The number of carbonyl (C=O) groups is 1. The third-order valence-corrected chi connectivity index (χ3v) is 4.14. The van der Waals surface area contributed by atoms with Crippen LogP contribution >= 0.6 is 22.9 Å². The molecular weight excluding hydrogens is 320 g/mol. The van der Waals surface area contributed by atoms with Gasteiger partial charge in [-0.3, -0.25) is 4.79 Å². The Hall–Kier alpha value is -1.69. The number of rotatable bonds is 5. The van der Waals surface area contributed by atoms with Crippen LogP contribution in [-0.2, 0) is 4.79 Å². The highest BCUT2D eigenvalue weighted by Gasteiger charge is 2.17. The average Bonchev–Trinajstić information content (AvgIpc) is 2.91. The molecule has 1 aromatic carbocycles. The Labute approximate surface area is 138 Å². The fourth-order valence-electron chi connectivity index (χ4n) is 1.92. The number of aliphatic hydroxyl groups excluding tert-OH is 1. The Kier molecular flexibility index (Phi) is 5.71. The summed E-state index contributed by atoms with van der Waals surface area (Å²) in [5.74, 6) is -0.272. The van der Waals surface area contributed by atoms with Crippen LogP contribution in [0.1, 0.15) is 29.3 Å². The van der Waals surface area contributed by atoms with Crippen molar-refractivity contribution in [2.45, 2.75) is 26.0 Å². The molecule has 0 spiro atoms. The first-order chi connectivity index (χ1) is 10.5. The van der Waals surface area contributed by atoms with Gasteiger partial charge >= 0.3 is 0 Å². The molecule has 0 fully saturated rings. The number of hydrogen-bond donors (Lipinski definition) is 2. The van der Waals surface area contributed by atoms with Gasteiger partial charge in [-0.25, -0.2) is 4.98 Å². The van der Waals surface area contributed by atoms with Crippen LogP contribution in [-0.4, -0.2) is 22.0 Å². The number of aliphatic hydroxyl groups is 1. The van der Waals surface area contributed by atoms with E-state index in [4.69, 9.17) is 11.6 Å². The second-order valence-electron chi connectivity index (χ2n) is 4.92. The van der Waals surface area contributed by atoms with E-state index in [-0.39, 0.29) is 5.91 Å². The number of amides is 1. The maximum atomic E-state index is 11.9. The largest absolute Gasteiger partial charge is 0.386 e. The quantitative estimate of drug-likeness (QED) is 0.823. The standard InChI is InChI=1S/C16H17ClN2O2S/c1-10(16(21)12-3-5-13(17)6-4-12)18-15(20)8-7-14-9-22-11(2)19-14/h3-10,16,21H,1-2H3,(H,18,20)/b8-7+. The number of aryl methyl sites for hydroxylation is 1. The van der Waals surface area contributed by atoms with Crippen molar-refractivity contribution in [1.82, 2.24) is 10.3 Å². The van der Waals surface area contributed by atoms with Gasteiger partial charge in [0, 0.05) is 16.5 Å². The molecule has 0 saturated heterocycles. The van der Waals surface area contributed by atoms with E-state index < -0.39 is 12.1 Å². The molecular formula is C16H17ClN2O2S. The van der Waals surface area contributed by atoms with Gasteiger partial charge in [0.1, 0.15) is 0 Å². The Balaban J connectivity index is 1.92. The number of thiazole rings is 1.